The lowest BCUT2D eigenvalue weighted by Gasteiger charge is -2.00. The Morgan fingerprint density at radius 3 is 3.00 bits per heavy atom. The lowest BCUT2D eigenvalue weighted by atomic mass is 10.1. The standard InChI is InChI=1S/C11H18/c1-2-11-9-7-5-3-4-6-8-10-11/h5,7,9H,2-4,6,8,10H2,1H3. The highest BCUT2D eigenvalue weighted by Gasteiger charge is 1.95. The Labute approximate surface area is 70.0 Å². The Balaban J connectivity index is 2.46. The molecular weight excluding hydrogens is 132 g/mol. The predicted octanol–water partition coefficient (Wildman–Crippen LogP) is 3.84. The van der Waals surface area contributed by atoms with Gasteiger partial charge in [-0.15, -0.1) is 0 Å². The zero-order chi connectivity index (χ0) is 7.94. The number of allylic oxidation sites excluding steroid dienone is 4. The zero-order valence-corrected chi connectivity index (χ0v) is 7.47. The Bertz CT molecular complexity index is 151. The van der Waals surface area contributed by atoms with E-state index in [0.29, 0.717) is 0 Å². The van der Waals surface area contributed by atoms with E-state index in [0.717, 1.165) is 0 Å². The molecule has 0 aromatic rings. The summed E-state index contributed by atoms with van der Waals surface area (Å²) < 4.78 is 0. The summed E-state index contributed by atoms with van der Waals surface area (Å²) >= 11 is 0. The zero-order valence-electron chi connectivity index (χ0n) is 7.47. The maximum Gasteiger partial charge on any atom is -0.0317 e. The van der Waals surface area contributed by atoms with Gasteiger partial charge in [-0.05, 0) is 32.1 Å². The maximum atomic E-state index is 2.30. The second-order valence-corrected chi connectivity index (χ2v) is 3.21. The molecule has 0 aromatic carbocycles. The van der Waals surface area contributed by atoms with Gasteiger partial charge in [-0.3, -0.25) is 0 Å². The number of hydrogen-bond acceptors (Lipinski definition) is 0. The van der Waals surface area contributed by atoms with Crippen LogP contribution in [0.3, 0.4) is 0 Å². The highest BCUT2D eigenvalue weighted by molar-refractivity contribution is 5.12. The van der Waals surface area contributed by atoms with Crippen molar-refractivity contribution in [1.29, 1.82) is 0 Å². The molecule has 0 unspecified atom stereocenters. The molecule has 0 N–H and O–H groups in total. The fourth-order valence-electron chi connectivity index (χ4n) is 1.47. The monoisotopic (exact) mass is 150 g/mol. The molecule has 62 valence electrons. The SMILES string of the molecule is CCC1=CC=CCCCCC1. The molecule has 0 amide bonds. The summed E-state index contributed by atoms with van der Waals surface area (Å²) in [4.78, 5) is 0. The van der Waals surface area contributed by atoms with Crippen LogP contribution in [0, 0.1) is 0 Å². The van der Waals surface area contributed by atoms with Gasteiger partial charge in [0.05, 0.1) is 0 Å². The largest absolute Gasteiger partial charge is 0.0845 e. The minimum absolute atomic E-state index is 1.23. The molecule has 0 heterocycles. The fourth-order valence-corrected chi connectivity index (χ4v) is 1.47. The number of rotatable bonds is 1. The van der Waals surface area contributed by atoms with E-state index in [9.17, 15) is 0 Å². The molecule has 1 rings (SSSR count). The average molecular weight is 150 g/mol. The molecule has 0 fully saturated rings. The minimum atomic E-state index is 1.23. The van der Waals surface area contributed by atoms with E-state index >= 15 is 0 Å². The van der Waals surface area contributed by atoms with Gasteiger partial charge in [0.1, 0.15) is 0 Å². The van der Waals surface area contributed by atoms with Crippen LogP contribution in [0.4, 0.5) is 0 Å². The van der Waals surface area contributed by atoms with Crippen LogP contribution < -0.4 is 0 Å². The lowest BCUT2D eigenvalue weighted by molar-refractivity contribution is 0.679. The van der Waals surface area contributed by atoms with Crippen molar-refractivity contribution in [3.05, 3.63) is 23.8 Å². The molecule has 0 aliphatic heterocycles. The van der Waals surface area contributed by atoms with E-state index in [-0.39, 0.29) is 0 Å². The van der Waals surface area contributed by atoms with Gasteiger partial charge in [0.2, 0.25) is 0 Å². The van der Waals surface area contributed by atoms with Crippen molar-refractivity contribution in [2.24, 2.45) is 0 Å². The van der Waals surface area contributed by atoms with Crippen LogP contribution in [0.1, 0.15) is 45.4 Å². The van der Waals surface area contributed by atoms with E-state index in [1.54, 1.807) is 5.57 Å². The summed E-state index contributed by atoms with van der Waals surface area (Å²) in [5.41, 5.74) is 1.61. The number of hydrogen-bond donors (Lipinski definition) is 0. The van der Waals surface area contributed by atoms with Gasteiger partial charge in [0.15, 0.2) is 0 Å². The van der Waals surface area contributed by atoms with Gasteiger partial charge < -0.3 is 0 Å². The molecule has 0 bridgehead atoms. The second kappa shape index (κ2) is 5.17. The summed E-state index contributed by atoms with van der Waals surface area (Å²) in [6.45, 7) is 2.25. The van der Waals surface area contributed by atoms with Crippen LogP contribution in [0.25, 0.3) is 0 Å². The van der Waals surface area contributed by atoms with Crippen molar-refractivity contribution in [2.45, 2.75) is 45.4 Å². The first-order chi connectivity index (χ1) is 5.43. The molecule has 0 atom stereocenters. The van der Waals surface area contributed by atoms with Crippen LogP contribution in [0.5, 0.6) is 0 Å². The van der Waals surface area contributed by atoms with Crippen molar-refractivity contribution in [3.8, 4) is 0 Å². The molecule has 0 nitrogen and oxygen atoms in total. The normalized spacial score (nSPS) is 19.9. The van der Waals surface area contributed by atoms with E-state index in [2.05, 4.69) is 25.2 Å². The van der Waals surface area contributed by atoms with Crippen LogP contribution in [-0.2, 0) is 0 Å². The Hall–Kier alpha value is -0.520. The van der Waals surface area contributed by atoms with E-state index in [4.69, 9.17) is 0 Å². The van der Waals surface area contributed by atoms with Gasteiger partial charge in [-0.1, -0.05) is 37.1 Å². The highest BCUT2D eigenvalue weighted by Crippen LogP contribution is 2.15. The molecule has 0 saturated carbocycles. The molecule has 0 heteroatoms. The Kier molecular flexibility index (Phi) is 4.03. The van der Waals surface area contributed by atoms with E-state index in [1.807, 2.05) is 0 Å². The minimum Gasteiger partial charge on any atom is -0.0845 e. The molecule has 0 spiro atoms. The predicted molar refractivity (Wildman–Crippen MR) is 50.6 cm³/mol. The highest BCUT2D eigenvalue weighted by atomic mass is 14.0. The third-order valence-corrected chi connectivity index (χ3v) is 2.29. The van der Waals surface area contributed by atoms with Crippen molar-refractivity contribution in [1.82, 2.24) is 0 Å². The molecular formula is C11H18. The maximum absolute atomic E-state index is 2.30. The van der Waals surface area contributed by atoms with Crippen LogP contribution >= 0.6 is 0 Å². The Morgan fingerprint density at radius 2 is 2.18 bits per heavy atom. The summed E-state index contributed by atoms with van der Waals surface area (Å²) in [5.74, 6) is 0. The van der Waals surface area contributed by atoms with Crippen LogP contribution in [0.2, 0.25) is 0 Å². The molecule has 0 aromatic heterocycles. The fraction of sp³-hybridized carbons (Fsp3) is 0.636. The lowest BCUT2D eigenvalue weighted by Crippen LogP contribution is -1.81. The quantitative estimate of drug-likeness (QED) is 0.532. The topological polar surface area (TPSA) is 0 Å². The first kappa shape index (κ1) is 8.58. The summed E-state index contributed by atoms with van der Waals surface area (Å²) in [6.07, 6.45) is 14.8. The first-order valence-electron chi connectivity index (χ1n) is 4.78. The van der Waals surface area contributed by atoms with E-state index < -0.39 is 0 Å². The Morgan fingerprint density at radius 1 is 1.27 bits per heavy atom. The van der Waals surface area contributed by atoms with Crippen molar-refractivity contribution in [3.63, 3.8) is 0 Å². The summed E-state index contributed by atoms with van der Waals surface area (Å²) in [6, 6.07) is 0. The molecule has 0 saturated heterocycles. The van der Waals surface area contributed by atoms with Crippen LogP contribution in [-0.4, -0.2) is 0 Å². The van der Waals surface area contributed by atoms with Crippen molar-refractivity contribution in [2.75, 3.05) is 0 Å². The van der Waals surface area contributed by atoms with Crippen molar-refractivity contribution < 1.29 is 0 Å². The first-order valence-corrected chi connectivity index (χ1v) is 4.78. The molecule has 11 heavy (non-hydrogen) atoms. The smallest absolute Gasteiger partial charge is 0.0317 e. The molecule has 1 aliphatic rings. The third kappa shape index (κ3) is 3.41. The summed E-state index contributed by atoms with van der Waals surface area (Å²) in [5, 5.41) is 0. The average Bonchev–Trinajstić information content (AvgIpc) is 2.16. The van der Waals surface area contributed by atoms with Gasteiger partial charge in [0.25, 0.3) is 0 Å². The van der Waals surface area contributed by atoms with Gasteiger partial charge in [-0.2, -0.15) is 0 Å². The van der Waals surface area contributed by atoms with Gasteiger partial charge in [0, 0.05) is 0 Å². The van der Waals surface area contributed by atoms with Gasteiger partial charge >= 0.3 is 0 Å². The van der Waals surface area contributed by atoms with Crippen molar-refractivity contribution >= 4 is 0 Å². The summed E-state index contributed by atoms with van der Waals surface area (Å²) in [7, 11) is 0. The van der Waals surface area contributed by atoms with Crippen LogP contribution in [0.15, 0.2) is 23.8 Å². The van der Waals surface area contributed by atoms with E-state index in [1.165, 1.54) is 38.5 Å². The second-order valence-electron chi connectivity index (χ2n) is 3.21. The molecule has 1 aliphatic carbocycles. The third-order valence-electron chi connectivity index (χ3n) is 2.29. The molecule has 0 radical (unpaired) electrons. The van der Waals surface area contributed by atoms with Gasteiger partial charge in [-0.25, -0.2) is 0 Å².